The number of hydrogen-bond donors (Lipinski definition) is 0. The first-order valence-corrected chi connectivity index (χ1v) is 7.48. The molecule has 1 aliphatic heterocycles. The molecule has 0 aromatic rings. The molecule has 1 heterocycles. The van der Waals surface area contributed by atoms with Gasteiger partial charge < -0.3 is 9.64 Å². The van der Waals surface area contributed by atoms with Crippen molar-refractivity contribution < 1.29 is 9.53 Å². The summed E-state index contributed by atoms with van der Waals surface area (Å²) in [4.78, 5) is 12.9. The van der Waals surface area contributed by atoms with Crippen molar-refractivity contribution in [2.45, 2.75) is 60.0 Å². The summed E-state index contributed by atoms with van der Waals surface area (Å²) in [7, 11) is 0. The molecule has 0 N–H and O–H groups in total. The molecule has 1 atom stereocenters. The highest BCUT2D eigenvalue weighted by molar-refractivity contribution is 5.37. The first kappa shape index (κ1) is 17.4. The summed E-state index contributed by atoms with van der Waals surface area (Å²) in [6.45, 7) is 14.6. The molecule has 0 saturated carbocycles. The van der Waals surface area contributed by atoms with E-state index in [0.29, 0.717) is 12.4 Å². The molecule has 1 aliphatic rings. The van der Waals surface area contributed by atoms with Crippen LogP contribution in [0.1, 0.15) is 53.9 Å². The Morgan fingerprint density at radius 2 is 1.83 bits per heavy atom. The van der Waals surface area contributed by atoms with Crippen molar-refractivity contribution in [3.63, 3.8) is 0 Å². The molecular formula is C15H31NO2. The van der Waals surface area contributed by atoms with Crippen LogP contribution in [-0.2, 0) is 9.53 Å². The zero-order valence-corrected chi connectivity index (χ0v) is 12.8. The average molecular weight is 257 g/mol. The number of ether oxygens (including phenoxy) is 1. The molecule has 0 radical (unpaired) electrons. The highest BCUT2D eigenvalue weighted by Gasteiger charge is 2.24. The van der Waals surface area contributed by atoms with E-state index in [2.05, 4.69) is 25.7 Å². The van der Waals surface area contributed by atoms with Gasteiger partial charge in [0, 0.05) is 0 Å². The summed E-state index contributed by atoms with van der Waals surface area (Å²) in [5.74, 6) is 1.16. The van der Waals surface area contributed by atoms with E-state index in [1.165, 1.54) is 25.9 Å². The molecule has 1 saturated heterocycles. The second kappa shape index (κ2) is 10.4. The molecule has 0 bridgehead atoms. The average Bonchev–Trinajstić information content (AvgIpc) is 2.41. The van der Waals surface area contributed by atoms with Crippen molar-refractivity contribution in [2.24, 2.45) is 11.8 Å². The summed E-state index contributed by atoms with van der Waals surface area (Å²) in [6.07, 6.45) is 3.64. The largest absolute Gasteiger partial charge is 0.464 e. The van der Waals surface area contributed by atoms with Crippen LogP contribution in [0, 0.1) is 11.8 Å². The minimum absolute atomic E-state index is 0.107. The van der Waals surface area contributed by atoms with E-state index in [-0.39, 0.29) is 6.10 Å². The second-order valence-corrected chi connectivity index (χ2v) is 5.13. The monoisotopic (exact) mass is 257 g/mol. The Morgan fingerprint density at radius 1 is 1.28 bits per heavy atom. The molecule has 18 heavy (non-hydrogen) atoms. The van der Waals surface area contributed by atoms with Crippen LogP contribution < -0.4 is 0 Å². The third-order valence-corrected chi connectivity index (χ3v) is 3.69. The molecule has 0 amide bonds. The smallest absolute Gasteiger partial charge is 0.293 e. The summed E-state index contributed by atoms with van der Waals surface area (Å²) in [5.41, 5.74) is 0. The summed E-state index contributed by atoms with van der Waals surface area (Å²) >= 11 is 0. The number of carbonyl (C=O) groups is 1. The maximum absolute atomic E-state index is 10.4. The normalized spacial score (nSPS) is 19.0. The minimum atomic E-state index is 0.107. The van der Waals surface area contributed by atoms with Crippen molar-refractivity contribution in [1.82, 2.24) is 4.90 Å². The predicted octanol–water partition coefficient (Wildman–Crippen LogP) is 3.33. The quantitative estimate of drug-likeness (QED) is 0.684. The van der Waals surface area contributed by atoms with E-state index in [1.54, 1.807) is 0 Å². The molecule has 3 heteroatoms. The fourth-order valence-electron chi connectivity index (χ4n) is 2.42. The first-order chi connectivity index (χ1) is 8.67. The minimum Gasteiger partial charge on any atom is -0.464 e. The van der Waals surface area contributed by atoms with Gasteiger partial charge >= 0.3 is 0 Å². The second-order valence-electron chi connectivity index (χ2n) is 5.13. The number of likely N-dealkylation sites (tertiary alicyclic amines) is 1. The lowest BCUT2D eigenvalue weighted by Crippen LogP contribution is -2.35. The van der Waals surface area contributed by atoms with Crippen LogP contribution in [0.4, 0.5) is 0 Å². The molecule has 3 nitrogen and oxygen atoms in total. The van der Waals surface area contributed by atoms with E-state index in [9.17, 15) is 4.79 Å². The molecule has 108 valence electrons. The number of piperidine rings is 1. The Morgan fingerprint density at radius 3 is 2.22 bits per heavy atom. The predicted molar refractivity (Wildman–Crippen MR) is 76.6 cm³/mol. The van der Waals surface area contributed by atoms with Crippen LogP contribution in [0.25, 0.3) is 0 Å². The third kappa shape index (κ3) is 6.39. The van der Waals surface area contributed by atoms with Gasteiger partial charge in [0.15, 0.2) is 0 Å². The van der Waals surface area contributed by atoms with Gasteiger partial charge in [0.2, 0.25) is 0 Å². The van der Waals surface area contributed by atoms with Crippen LogP contribution in [0.5, 0.6) is 0 Å². The van der Waals surface area contributed by atoms with Gasteiger partial charge in [-0.1, -0.05) is 34.6 Å². The van der Waals surface area contributed by atoms with Gasteiger partial charge in [-0.15, -0.1) is 0 Å². The fraction of sp³-hybridized carbons (Fsp3) is 0.933. The topological polar surface area (TPSA) is 29.5 Å². The summed E-state index contributed by atoms with van der Waals surface area (Å²) < 4.78 is 5.17. The number of rotatable bonds is 6. The fourth-order valence-corrected chi connectivity index (χ4v) is 2.42. The van der Waals surface area contributed by atoms with E-state index in [0.717, 1.165) is 18.9 Å². The lowest BCUT2D eigenvalue weighted by molar-refractivity contribution is -0.136. The van der Waals surface area contributed by atoms with Crippen molar-refractivity contribution in [1.29, 1.82) is 0 Å². The number of hydrogen-bond acceptors (Lipinski definition) is 3. The summed E-state index contributed by atoms with van der Waals surface area (Å²) in [5, 5.41) is 0. The van der Waals surface area contributed by atoms with Crippen molar-refractivity contribution in [2.75, 3.05) is 19.6 Å². The molecule has 1 rings (SSSR count). The number of carbonyl (C=O) groups excluding carboxylic acids is 1. The van der Waals surface area contributed by atoms with Gasteiger partial charge in [-0.05, 0) is 50.7 Å². The van der Waals surface area contributed by atoms with Gasteiger partial charge in [0.1, 0.15) is 6.10 Å². The van der Waals surface area contributed by atoms with E-state index < -0.39 is 0 Å². The van der Waals surface area contributed by atoms with Crippen LogP contribution in [0.15, 0.2) is 0 Å². The lowest BCUT2D eigenvalue weighted by atomic mass is 9.88. The summed E-state index contributed by atoms with van der Waals surface area (Å²) in [6, 6.07) is 0. The van der Waals surface area contributed by atoms with Crippen molar-refractivity contribution in [3.8, 4) is 0 Å². The SMILES string of the molecule is CC.CCN1CCC(CC(OC=O)C(C)C)CC1. The third-order valence-electron chi connectivity index (χ3n) is 3.69. The Kier molecular flexibility index (Phi) is 10.0. The van der Waals surface area contributed by atoms with Gasteiger partial charge in [-0.3, -0.25) is 4.79 Å². The number of nitrogens with zero attached hydrogens (tertiary/aromatic N) is 1. The highest BCUT2D eigenvalue weighted by Crippen LogP contribution is 2.25. The maximum atomic E-state index is 10.4. The van der Waals surface area contributed by atoms with Crippen LogP contribution >= 0.6 is 0 Å². The zero-order chi connectivity index (χ0) is 14.0. The molecule has 0 aliphatic carbocycles. The zero-order valence-electron chi connectivity index (χ0n) is 12.8. The Labute approximate surface area is 113 Å². The molecule has 0 aromatic heterocycles. The lowest BCUT2D eigenvalue weighted by Gasteiger charge is -2.33. The molecule has 0 aromatic carbocycles. The van der Waals surface area contributed by atoms with Gasteiger partial charge in [0.05, 0.1) is 0 Å². The molecule has 1 unspecified atom stereocenters. The van der Waals surface area contributed by atoms with Gasteiger partial charge in [0.25, 0.3) is 6.47 Å². The highest BCUT2D eigenvalue weighted by atomic mass is 16.5. The van der Waals surface area contributed by atoms with Gasteiger partial charge in [-0.2, -0.15) is 0 Å². The molecular weight excluding hydrogens is 226 g/mol. The Bertz CT molecular complexity index is 199. The van der Waals surface area contributed by atoms with Gasteiger partial charge in [-0.25, -0.2) is 0 Å². The Balaban J connectivity index is 0.00000137. The van der Waals surface area contributed by atoms with E-state index in [1.807, 2.05) is 13.8 Å². The van der Waals surface area contributed by atoms with Crippen LogP contribution in [0.3, 0.4) is 0 Å². The van der Waals surface area contributed by atoms with Crippen molar-refractivity contribution in [3.05, 3.63) is 0 Å². The standard InChI is InChI=1S/C13H25NO2.C2H6/c1-4-14-7-5-12(6-8-14)9-13(11(2)3)16-10-15;1-2/h10-13H,4-9H2,1-3H3;1-2H3. The van der Waals surface area contributed by atoms with E-state index >= 15 is 0 Å². The molecule has 1 fully saturated rings. The first-order valence-electron chi connectivity index (χ1n) is 7.48. The van der Waals surface area contributed by atoms with Crippen LogP contribution in [0.2, 0.25) is 0 Å². The maximum Gasteiger partial charge on any atom is 0.293 e. The molecule has 0 spiro atoms. The van der Waals surface area contributed by atoms with E-state index in [4.69, 9.17) is 4.74 Å². The van der Waals surface area contributed by atoms with Crippen molar-refractivity contribution >= 4 is 6.47 Å². The van der Waals surface area contributed by atoms with Crippen LogP contribution in [-0.4, -0.2) is 37.1 Å². The Hall–Kier alpha value is -0.570.